The van der Waals surface area contributed by atoms with Crippen LogP contribution in [0.3, 0.4) is 0 Å². The van der Waals surface area contributed by atoms with Gasteiger partial charge in [-0.15, -0.1) is 0 Å². The average molecular weight is 531 g/mol. The molecule has 226 valence electrons. The molecule has 0 aromatic rings. The number of hydrogen-bond donors (Lipinski definition) is 0. The zero-order valence-electron chi connectivity index (χ0n) is 27.1. The van der Waals surface area contributed by atoms with Crippen LogP contribution >= 0.6 is 0 Å². The Hall–Kier alpha value is -0.520. The van der Waals surface area contributed by atoms with Crippen molar-refractivity contribution in [1.82, 2.24) is 0 Å². The van der Waals surface area contributed by atoms with Crippen LogP contribution < -0.4 is 0 Å². The summed E-state index contributed by atoms with van der Waals surface area (Å²) in [6.45, 7) is 7.09. The van der Waals surface area contributed by atoms with E-state index in [9.17, 15) is 0 Å². The predicted molar refractivity (Wildman–Crippen MR) is 177 cm³/mol. The fourth-order valence-corrected chi connectivity index (χ4v) is 5.62. The minimum absolute atomic E-state index is 0.948. The summed E-state index contributed by atoms with van der Waals surface area (Å²) in [7, 11) is 0. The lowest BCUT2D eigenvalue weighted by Crippen LogP contribution is -1.95. The summed E-state index contributed by atoms with van der Waals surface area (Å²) in [5.74, 6) is 0.948. The number of rotatable bonds is 32. The largest absolute Gasteiger partial charge is 0.0885 e. The first kappa shape index (κ1) is 37.5. The summed E-state index contributed by atoms with van der Waals surface area (Å²) >= 11 is 0. The van der Waals surface area contributed by atoms with Gasteiger partial charge in [0.15, 0.2) is 0 Å². The molecule has 0 aliphatic rings. The molecule has 0 saturated heterocycles. The second-order valence-corrected chi connectivity index (χ2v) is 12.6. The standard InChI is InChI=1S/C38H74/c1-4-6-8-10-12-14-16-18-20-22-24-26-28-30-32-34-36-38(3)37-35-33-31-29-27-25-23-21-19-17-15-13-11-9-7-5-2/h18-21,38H,4-17,22-37H2,1-3H3/b20-18-,21-19-. The van der Waals surface area contributed by atoms with Gasteiger partial charge in [-0.2, -0.15) is 0 Å². The van der Waals surface area contributed by atoms with Crippen LogP contribution in [0.5, 0.6) is 0 Å². The summed E-state index contributed by atoms with van der Waals surface area (Å²) in [5.41, 5.74) is 0. The number of allylic oxidation sites excluding steroid dienone is 4. The Kier molecular flexibility index (Phi) is 34.0. The molecule has 0 rings (SSSR count). The highest BCUT2D eigenvalue weighted by atomic mass is 14.1. The molecule has 0 aliphatic carbocycles. The van der Waals surface area contributed by atoms with E-state index in [0.717, 1.165) is 5.92 Å². The number of hydrogen-bond acceptors (Lipinski definition) is 0. The lowest BCUT2D eigenvalue weighted by Gasteiger charge is -2.11. The van der Waals surface area contributed by atoms with E-state index in [0.29, 0.717) is 0 Å². The Morgan fingerprint density at radius 2 is 0.553 bits per heavy atom. The molecule has 0 radical (unpaired) electrons. The topological polar surface area (TPSA) is 0 Å². The first-order chi connectivity index (χ1) is 18.8. The van der Waals surface area contributed by atoms with Gasteiger partial charge in [-0.05, 0) is 57.3 Å². The zero-order chi connectivity index (χ0) is 27.6. The molecule has 0 saturated carbocycles. The van der Waals surface area contributed by atoms with Gasteiger partial charge in [-0.1, -0.05) is 186 Å². The molecular weight excluding hydrogens is 456 g/mol. The molecule has 0 atom stereocenters. The van der Waals surface area contributed by atoms with E-state index < -0.39 is 0 Å². The van der Waals surface area contributed by atoms with Crippen molar-refractivity contribution in [2.75, 3.05) is 0 Å². The van der Waals surface area contributed by atoms with Crippen LogP contribution in [0.15, 0.2) is 24.3 Å². The molecule has 0 aliphatic heterocycles. The average Bonchev–Trinajstić information content (AvgIpc) is 2.92. The van der Waals surface area contributed by atoms with Crippen molar-refractivity contribution in [3.05, 3.63) is 24.3 Å². The Morgan fingerprint density at radius 3 is 0.842 bits per heavy atom. The van der Waals surface area contributed by atoms with Crippen LogP contribution in [0.2, 0.25) is 0 Å². The van der Waals surface area contributed by atoms with Crippen molar-refractivity contribution in [3.63, 3.8) is 0 Å². The minimum atomic E-state index is 0.948. The molecule has 0 unspecified atom stereocenters. The van der Waals surface area contributed by atoms with Gasteiger partial charge in [0.05, 0.1) is 0 Å². The van der Waals surface area contributed by atoms with Gasteiger partial charge in [0.2, 0.25) is 0 Å². The van der Waals surface area contributed by atoms with Crippen LogP contribution in [0.25, 0.3) is 0 Å². The molecular formula is C38H74. The maximum Gasteiger partial charge on any atom is -0.0351 e. The zero-order valence-corrected chi connectivity index (χ0v) is 27.1. The molecule has 0 bridgehead atoms. The highest BCUT2D eigenvalue weighted by Gasteiger charge is 2.02. The molecule has 0 fully saturated rings. The summed E-state index contributed by atoms with van der Waals surface area (Å²) < 4.78 is 0. The molecule has 0 heterocycles. The van der Waals surface area contributed by atoms with Crippen LogP contribution in [0.1, 0.15) is 213 Å². The molecule has 0 amide bonds. The Labute approximate surface area is 243 Å². The van der Waals surface area contributed by atoms with Gasteiger partial charge in [-0.25, -0.2) is 0 Å². The second kappa shape index (κ2) is 34.5. The number of unbranched alkanes of at least 4 members (excludes halogenated alkanes) is 24. The lowest BCUT2D eigenvalue weighted by molar-refractivity contribution is 0.431. The lowest BCUT2D eigenvalue weighted by atomic mass is 9.96. The third-order valence-electron chi connectivity index (χ3n) is 8.42. The van der Waals surface area contributed by atoms with Gasteiger partial charge < -0.3 is 0 Å². The highest BCUT2D eigenvalue weighted by Crippen LogP contribution is 2.19. The fraction of sp³-hybridized carbons (Fsp3) is 0.895. The maximum atomic E-state index is 2.50. The monoisotopic (exact) mass is 531 g/mol. The van der Waals surface area contributed by atoms with Gasteiger partial charge >= 0.3 is 0 Å². The molecule has 0 aromatic carbocycles. The summed E-state index contributed by atoms with van der Waals surface area (Å²) in [6, 6.07) is 0. The summed E-state index contributed by atoms with van der Waals surface area (Å²) in [5, 5.41) is 0. The van der Waals surface area contributed by atoms with Crippen molar-refractivity contribution < 1.29 is 0 Å². The first-order valence-electron chi connectivity index (χ1n) is 18.1. The third-order valence-corrected chi connectivity index (χ3v) is 8.42. The molecule has 0 nitrogen and oxygen atoms in total. The smallest absolute Gasteiger partial charge is 0.0351 e. The SMILES string of the molecule is CCCCCCCC/C=C\CCCCCCCCC(C)CCCCCCCC/C=C\CCCCCCCC. The van der Waals surface area contributed by atoms with E-state index >= 15 is 0 Å². The second-order valence-electron chi connectivity index (χ2n) is 12.6. The Morgan fingerprint density at radius 1 is 0.316 bits per heavy atom. The molecule has 0 heteroatoms. The van der Waals surface area contributed by atoms with Crippen molar-refractivity contribution in [1.29, 1.82) is 0 Å². The summed E-state index contributed by atoms with van der Waals surface area (Å²) in [6.07, 6.45) is 52.3. The Bertz CT molecular complexity index is 417. The molecule has 0 spiro atoms. The van der Waals surface area contributed by atoms with Crippen molar-refractivity contribution in [2.24, 2.45) is 5.92 Å². The van der Waals surface area contributed by atoms with Crippen LogP contribution in [-0.4, -0.2) is 0 Å². The van der Waals surface area contributed by atoms with Gasteiger partial charge in [0, 0.05) is 0 Å². The van der Waals surface area contributed by atoms with Gasteiger partial charge in [0.1, 0.15) is 0 Å². The van der Waals surface area contributed by atoms with Crippen LogP contribution in [-0.2, 0) is 0 Å². The van der Waals surface area contributed by atoms with Crippen LogP contribution in [0.4, 0.5) is 0 Å². The van der Waals surface area contributed by atoms with Crippen LogP contribution in [0, 0.1) is 5.92 Å². The fourth-order valence-electron chi connectivity index (χ4n) is 5.62. The third kappa shape index (κ3) is 33.5. The van der Waals surface area contributed by atoms with E-state index in [1.165, 1.54) is 193 Å². The molecule has 38 heavy (non-hydrogen) atoms. The van der Waals surface area contributed by atoms with E-state index in [4.69, 9.17) is 0 Å². The van der Waals surface area contributed by atoms with Gasteiger partial charge in [-0.3, -0.25) is 0 Å². The van der Waals surface area contributed by atoms with Crippen molar-refractivity contribution >= 4 is 0 Å². The summed E-state index contributed by atoms with van der Waals surface area (Å²) in [4.78, 5) is 0. The van der Waals surface area contributed by atoms with E-state index in [1.54, 1.807) is 0 Å². The van der Waals surface area contributed by atoms with Crippen molar-refractivity contribution in [3.8, 4) is 0 Å². The predicted octanol–water partition coefficient (Wildman–Crippen LogP) is 14.5. The van der Waals surface area contributed by atoms with Crippen molar-refractivity contribution in [2.45, 2.75) is 213 Å². The molecule has 0 N–H and O–H groups in total. The van der Waals surface area contributed by atoms with E-state index in [2.05, 4.69) is 45.1 Å². The maximum absolute atomic E-state index is 2.50. The quantitative estimate of drug-likeness (QED) is 0.0599. The van der Waals surface area contributed by atoms with Gasteiger partial charge in [0.25, 0.3) is 0 Å². The normalized spacial score (nSPS) is 12.1. The minimum Gasteiger partial charge on any atom is -0.0885 e. The molecule has 0 aromatic heterocycles. The Balaban J connectivity index is 3.22. The van der Waals surface area contributed by atoms with E-state index in [-0.39, 0.29) is 0 Å². The first-order valence-corrected chi connectivity index (χ1v) is 18.1. The van der Waals surface area contributed by atoms with E-state index in [1.807, 2.05) is 0 Å². The highest BCUT2D eigenvalue weighted by molar-refractivity contribution is 4.82.